The Kier molecular flexibility index (Phi) is 2.79. The fraction of sp³-hybridized carbons (Fsp3) is 0.182. The van der Waals surface area contributed by atoms with Gasteiger partial charge in [0.2, 0.25) is 0 Å². The van der Waals surface area contributed by atoms with Crippen molar-refractivity contribution in [3.8, 4) is 0 Å². The van der Waals surface area contributed by atoms with E-state index in [1.54, 1.807) is 0 Å². The summed E-state index contributed by atoms with van der Waals surface area (Å²) in [6.45, 7) is 0. The molecular formula is C22H18O2. The highest BCUT2D eigenvalue weighted by atomic mass is 16.6. The molecule has 3 aromatic carbocycles. The van der Waals surface area contributed by atoms with Gasteiger partial charge < -0.3 is 9.84 Å². The Morgan fingerprint density at radius 2 is 1.25 bits per heavy atom. The van der Waals surface area contributed by atoms with Crippen molar-refractivity contribution in [1.29, 1.82) is 0 Å². The Morgan fingerprint density at radius 1 is 0.708 bits per heavy atom. The monoisotopic (exact) mass is 314 g/mol. The SMILES string of the molecule is OC1CC2(c3ccccc3)OC1(c1ccccc1)c1ccccc12. The van der Waals surface area contributed by atoms with Crippen LogP contribution in [0.2, 0.25) is 0 Å². The summed E-state index contributed by atoms with van der Waals surface area (Å²) in [4.78, 5) is 0. The van der Waals surface area contributed by atoms with Gasteiger partial charge in [0.25, 0.3) is 0 Å². The van der Waals surface area contributed by atoms with Crippen LogP contribution >= 0.6 is 0 Å². The number of aliphatic hydroxyl groups is 1. The van der Waals surface area contributed by atoms with Crippen molar-refractivity contribution < 1.29 is 9.84 Å². The molecule has 0 spiro atoms. The van der Waals surface area contributed by atoms with E-state index in [0.29, 0.717) is 6.42 Å². The lowest BCUT2D eigenvalue weighted by molar-refractivity contribution is -0.0682. The number of hydrogen-bond donors (Lipinski definition) is 1. The minimum atomic E-state index is -0.784. The van der Waals surface area contributed by atoms with Gasteiger partial charge in [-0.15, -0.1) is 0 Å². The van der Waals surface area contributed by atoms with E-state index in [1.165, 1.54) is 5.56 Å². The number of hydrogen-bond acceptors (Lipinski definition) is 2. The molecule has 2 aliphatic rings. The lowest BCUT2D eigenvalue weighted by atomic mass is 9.70. The first-order chi connectivity index (χ1) is 11.8. The molecule has 3 atom stereocenters. The predicted molar refractivity (Wildman–Crippen MR) is 92.6 cm³/mol. The van der Waals surface area contributed by atoms with Crippen molar-refractivity contribution in [2.24, 2.45) is 0 Å². The molecule has 0 aliphatic carbocycles. The second-order valence-corrected chi connectivity index (χ2v) is 6.66. The maximum absolute atomic E-state index is 11.1. The van der Waals surface area contributed by atoms with Crippen molar-refractivity contribution in [2.45, 2.75) is 23.7 Å². The molecule has 2 aliphatic heterocycles. The molecule has 0 aromatic heterocycles. The van der Waals surface area contributed by atoms with Crippen molar-refractivity contribution in [3.63, 3.8) is 0 Å². The molecule has 1 N–H and O–H groups in total. The zero-order valence-corrected chi connectivity index (χ0v) is 13.2. The van der Waals surface area contributed by atoms with Crippen LogP contribution in [0.25, 0.3) is 0 Å². The minimum absolute atomic E-state index is 0.572. The van der Waals surface area contributed by atoms with Gasteiger partial charge in [0.15, 0.2) is 0 Å². The van der Waals surface area contributed by atoms with Crippen LogP contribution in [0.4, 0.5) is 0 Å². The fourth-order valence-electron chi connectivity index (χ4n) is 4.49. The van der Waals surface area contributed by atoms with Crippen LogP contribution in [0.3, 0.4) is 0 Å². The molecule has 2 heteroatoms. The number of fused-ring (bicyclic) bond motifs is 5. The summed E-state index contributed by atoms with van der Waals surface area (Å²) in [5.41, 5.74) is 3.01. The Labute approximate surface area is 141 Å². The first-order valence-electron chi connectivity index (χ1n) is 8.37. The van der Waals surface area contributed by atoms with E-state index in [0.717, 1.165) is 16.7 Å². The smallest absolute Gasteiger partial charge is 0.146 e. The molecule has 118 valence electrons. The predicted octanol–water partition coefficient (Wildman–Crippen LogP) is 3.97. The van der Waals surface area contributed by atoms with Crippen molar-refractivity contribution >= 4 is 0 Å². The fourth-order valence-corrected chi connectivity index (χ4v) is 4.49. The van der Waals surface area contributed by atoms with Crippen LogP contribution in [-0.2, 0) is 15.9 Å². The topological polar surface area (TPSA) is 29.5 Å². The maximum atomic E-state index is 11.1. The molecule has 3 unspecified atom stereocenters. The van der Waals surface area contributed by atoms with Crippen molar-refractivity contribution in [2.75, 3.05) is 0 Å². The average molecular weight is 314 g/mol. The van der Waals surface area contributed by atoms with E-state index in [1.807, 2.05) is 54.6 Å². The minimum Gasteiger partial charge on any atom is -0.389 e. The van der Waals surface area contributed by atoms with Gasteiger partial charge in [-0.3, -0.25) is 0 Å². The van der Waals surface area contributed by atoms with E-state index in [2.05, 4.69) is 30.3 Å². The van der Waals surface area contributed by atoms with Crippen LogP contribution in [0.1, 0.15) is 28.7 Å². The maximum Gasteiger partial charge on any atom is 0.146 e. The van der Waals surface area contributed by atoms with Gasteiger partial charge in [0.05, 0.1) is 6.10 Å². The van der Waals surface area contributed by atoms with E-state index >= 15 is 0 Å². The zero-order chi connectivity index (χ0) is 16.2. The molecule has 24 heavy (non-hydrogen) atoms. The molecular weight excluding hydrogens is 296 g/mol. The first-order valence-corrected chi connectivity index (χ1v) is 8.37. The standard InChI is InChI=1S/C22H18O2/c23-20-15-21(16-9-3-1-4-10-16)18-13-7-8-14-19(18)22(20,24-21)17-11-5-2-6-12-17/h1-14,20,23H,15H2. The van der Waals surface area contributed by atoms with E-state index in [9.17, 15) is 5.11 Å². The largest absolute Gasteiger partial charge is 0.389 e. The summed E-state index contributed by atoms with van der Waals surface area (Å²) in [5, 5.41) is 11.1. The highest BCUT2D eigenvalue weighted by Gasteiger charge is 2.65. The highest BCUT2D eigenvalue weighted by molar-refractivity contribution is 5.56. The van der Waals surface area contributed by atoms with Crippen LogP contribution in [0.15, 0.2) is 84.9 Å². The van der Waals surface area contributed by atoms with Crippen LogP contribution in [-0.4, -0.2) is 11.2 Å². The van der Waals surface area contributed by atoms with Crippen LogP contribution in [0, 0.1) is 0 Å². The molecule has 2 heterocycles. The van der Waals surface area contributed by atoms with Gasteiger partial charge in [-0.2, -0.15) is 0 Å². The van der Waals surface area contributed by atoms with Gasteiger partial charge in [0.1, 0.15) is 11.2 Å². The van der Waals surface area contributed by atoms with Crippen molar-refractivity contribution in [3.05, 3.63) is 107 Å². The number of benzene rings is 3. The average Bonchev–Trinajstić information content (AvgIpc) is 3.14. The quantitative estimate of drug-likeness (QED) is 0.775. The molecule has 0 amide bonds. The third kappa shape index (κ3) is 1.57. The molecule has 3 aromatic rings. The van der Waals surface area contributed by atoms with Gasteiger partial charge in [-0.1, -0.05) is 84.9 Å². The second kappa shape index (κ2) is 4.79. The second-order valence-electron chi connectivity index (χ2n) is 6.66. The number of ether oxygens (including phenoxy) is 1. The molecule has 2 nitrogen and oxygen atoms in total. The molecule has 1 saturated heterocycles. The molecule has 0 radical (unpaired) electrons. The molecule has 5 rings (SSSR count). The lowest BCUT2D eigenvalue weighted by Gasteiger charge is -2.32. The lowest BCUT2D eigenvalue weighted by Crippen LogP contribution is -2.37. The normalized spacial score (nSPS) is 30.3. The molecule has 2 bridgehead atoms. The van der Waals surface area contributed by atoms with Gasteiger partial charge in [0, 0.05) is 6.42 Å². The molecule has 0 saturated carbocycles. The number of rotatable bonds is 2. The van der Waals surface area contributed by atoms with Gasteiger partial charge in [-0.05, 0) is 22.3 Å². The summed E-state index contributed by atoms with van der Waals surface area (Å²) >= 11 is 0. The number of aliphatic hydroxyl groups excluding tert-OH is 1. The summed E-state index contributed by atoms with van der Waals surface area (Å²) in [6.07, 6.45) is -0.00173. The van der Waals surface area contributed by atoms with Crippen molar-refractivity contribution in [1.82, 2.24) is 0 Å². The summed E-state index contributed by atoms with van der Waals surface area (Å²) in [7, 11) is 0. The molecule has 1 fully saturated rings. The van der Waals surface area contributed by atoms with Gasteiger partial charge >= 0.3 is 0 Å². The Balaban J connectivity index is 1.81. The zero-order valence-electron chi connectivity index (χ0n) is 13.2. The van der Waals surface area contributed by atoms with E-state index in [4.69, 9.17) is 4.74 Å². The van der Waals surface area contributed by atoms with Gasteiger partial charge in [-0.25, -0.2) is 0 Å². The Bertz CT molecular complexity index is 890. The van der Waals surface area contributed by atoms with Crippen LogP contribution < -0.4 is 0 Å². The summed E-state index contributed by atoms with van der Waals surface area (Å²) in [5.74, 6) is 0. The third-order valence-corrected chi connectivity index (χ3v) is 5.49. The summed E-state index contributed by atoms with van der Waals surface area (Å²) in [6, 6.07) is 28.7. The van der Waals surface area contributed by atoms with E-state index < -0.39 is 17.3 Å². The Morgan fingerprint density at radius 3 is 1.92 bits per heavy atom. The third-order valence-electron chi connectivity index (χ3n) is 5.49. The van der Waals surface area contributed by atoms with E-state index in [-0.39, 0.29) is 0 Å². The van der Waals surface area contributed by atoms with Crippen LogP contribution in [0.5, 0.6) is 0 Å². The first kappa shape index (κ1) is 14.0. The summed E-state index contributed by atoms with van der Waals surface area (Å²) < 4.78 is 6.75. The Hall–Kier alpha value is -2.42. The highest BCUT2D eigenvalue weighted by Crippen LogP contribution is 2.63.